The zero-order valence-corrected chi connectivity index (χ0v) is 19.1. The first-order valence-corrected chi connectivity index (χ1v) is 11.0. The Bertz CT molecular complexity index is 1370. The molecule has 8 nitrogen and oxygen atoms in total. The summed E-state index contributed by atoms with van der Waals surface area (Å²) in [5.74, 6) is 1.62. The average molecular weight is 452 g/mol. The molecular weight excluding hydrogens is 426 g/mol. The maximum absolute atomic E-state index is 5.81. The van der Waals surface area contributed by atoms with Gasteiger partial charge in [0.15, 0.2) is 0 Å². The van der Waals surface area contributed by atoms with Gasteiger partial charge in [-0.05, 0) is 73.8 Å². The topological polar surface area (TPSA) is 81.0 Å². The normalized spacial score (nSPS) is 11.1. The van der Waals surface area contributed by atoms with Crippen LogP contribution in [0.15, 0.2) is 85.7 Å². The van der Waals surface area contributed by atoms with E-state index in [1.54, 1.807) is 17.3 Å². The minimum absolute atomic E-state index is 0.661. The van der Waals surface area contributed by atoms with E-state index in [0.717, 1.165) is 51.5 Å². The van der Waals surface area contributed by atoms with Gasteiger partial charge >= 0.3 is 0 Å². The van der Waals surface area contributed by atoms with E-state index >= 15 is 0 Å². The maximum Gasteiger partial charge on any atom is 0.141 e. The predicted octanol–water partition coefficient (Wildman–Crippen LogP) is 4.56. The zero-order chi connectivity index (χ0) is 23.3. The summed E-state index contributed by atoms with van der Waals surface area (Å²) in [4.78, 5) is 15.0. The van der Waals surface area contributed by atoms with Gasteiger partial charge in [0.05, 0.1) is 11.2 Å². The number of aromatic nitrogens is 5. The third-order valence-corrected chi connectivity index (χ3v) is 5.44. The van der Waals surface area contributed by atoms with E-state index in [0.29, 0.717) is 6.61 Å². The molecular formula is C26H25N7O. The van der Waals surface area contributed by atoms with Crippen molar-refractivity contribution in [2.75, 3.05) is 32.6 Å². The number of anilines is 2. The molecule has 0 radical (unpaired) electrons. The molecule has 0 bridgehead atoms. The molecule has 3 aromatic carbocycles. The molecule has 0 saturated heterocycles. The SMILES string of the molecule is CN(C)CCOc1ccc(-c2ccc3ncnc(Nc4ccc(-n5cncn5)cc4)c3c2)cc1. The van der Waals surface area contributed by atoms with Gasteiger partial charge in [0.2, 0.25) is 0 Å². The summed E-state index contributed by atoms with van der Waals surface area (Å²) < 4.78 is 7.53. The van der Waals surface area contributed by atoms with E-state index in [2.05, 4.69) is 54.5 Å². The van der Waals surface area contributed by atoms with E-state index < -0.39 is 0 Å². The summed E-state index contributed by atoms with van der Waals surface area (Å²) in [6, 6.07) is 22.3. The number of nitrogens with one attached hydrogen (secondary N) is 1. The second-order valence-electron chi connectivity index (χ2n) is 8.14. The van der Waals surface area contributed by atoms with Crippen molar-refractivity contribution in [3.05, 3.63) is 85.7 Å². The Hall–Kier alpha value is -4.30. The average Bonchev–Trinajstić information content (AvgIpc) is 3.40. The summed E-state index contributed by atoms with van der Waals surface area (Å²) in [5, 5.41) is 8.53. The molecule has 0 saturated carbocycles. The van der Waals surface area contributed by atoms with Crippen LogP contribution in [-0.4, -0.2) is 56.9 Å². The van der Waals surface area contributed by atoms with Crippen LogP contribution < -0.4 is 10.1 Å². The predicted molar refractivity (Wildman–Crippen MR) is 134 cm³/mol. The van der Waals surface area contributed by atoms with E-state index in [9.17, 15) is 0 Å². The molecule has 2 aromatic heterocycles. The third kappa shape index (κ3) is 4.87. The molecule has 5 aromatic rings. The number of hydrogen-bond acceptors (Lipinski definition) is 7. The largest absolute Gasteiger partial charge is 0.492 e. The van der Waals surface area contributed by atoms with Gasteiger partial charge in [-0.25, -0.2) is 19.6 Å². The standard InChI is InChI=1S/C26H25N7O/c1-32(2)13-14-34-23-10-3-19(4-11-23)20-5-12-25-24(15-20)26(29-17-28-25)31-21-6-8-22(9-7-21)33-18-27-16-30-33/h3-12,15-18H,13-14H2,1-2H3,(H,28,29,31). The molecule has 0 atom stereocenters. The first-order chi connectivity index (χ1) is 16.7. The molecule has 170 valence electrons. The van der Waals surface area contributed by atoms with Crippen molar-refractivity contribution >= 4 is 22.4 Å². The molecule has 0 amide bonds. The van der Waals surface area contributed by atoms with Crippen LogP contribution in [0.2, 0.25) is 0 Å². The second-order valence-corrected chi connectivity index (χ2v) is 8.14. The highest BCUT2D eigenvalue weighted by molar-refractivity contribution is 5.93. The van der Waals surface area contributed by atoms with Crippen LogP contribution in [0.5, 0.6) is 5.75 Å². The molecule has 5 rings (SSSR count). The Morgan fingerprint density at radius 3 is 2.41 bits per heavy atom. The van der Waals surface area contributed by atoms with Crippen LogP contribution >= 0.6 is 0 Å². The van der Waals surface area contributed by atoms with Crippen molar-refractivity contribution in [1.82, 2.24) is 29.6 Å². The molecule has 0 fully saturated rings. The van der Waals surface area contributed by atoms with Gasteiger partial charge in [-0.15, -0.1) is 0 Å². The van der Waals surface area contributed by atoms with Gasteiger partial charge in [0.1, 0.15) is 37.2 Å². The Balaban J connectivity index is 1.37. The second kappa shape index (κ2) is 9.68. The highest BCUT2D eigenvalue weighted by Crippen LogP contribution is 2.29. The Morgan fingerprint density at radius 2 is 1.68 bits per heavy atom. The third-order valence-electron chi connectivity index (χ3n) is 5.44. The van der Waals surface area contributed by atoms with Crippen LogP contribution in [0.4, 0.5) is 11.5 Å². The monoisotopic (exact) mass is 451 g/mol. The van der Waals surface area contributed by atoms with Crippen LogP contribution in [-0.2, 0) is 0 Å². The Morgan fingerprint density at radius 1 is 0.882 bits per heavy atom. The molecule has 2 heterocycles. The number of nitrogens with zero attached hydrogens (tertiary/aromatic N) is 6. The van der Waals surface area contributed by atoms with Crippen molar-refractivity contribution in [3.8, 4) is 22.6 Å². The zero-order valence-electron chi connectivity index (χ0n) is 19.1. The molecule has 0 spiro atoms. The van der Waals surface area contributed by atoms with Crippen LogP contribution in [0.1, 0.15) is 0 Å². The lowest BCUT2D eigenvalue weighted by Gasteiger charge is -2.12. The summed E-state index contributed by atoms with van der Waals surface area (Å²) in [6.07, 6.45) is 4.76. The smallest absolute Gasteiger partial charge is 0.141 e. The van der Waals surface area contributed by atoms with Crippen LogP contribution in [0.25, 0.3) is 27.7 Å². The fourth-order valence-electron chi connectivity index (χ4n) is 3.60. The molecule has 34 heavy (non-hydrogen) atoms. The van der Waals surface area contributed by atoms with Gasteiger partial charge < -0.3 is 15.0 Å². The lowest BCUT2D eigenvalue weighted by molar-refractivity contribution is 0.261. The van der Waals surface area contributed by atoms with E-state index in [-0.39, 0.29) is 0 Å². The molecule has 0 aliphatic rings. The highest BCUT2D eigenvalue weighted by atomic mass is 16.5. The summed E-state index contributed by atoms with van der Waals surface area (Å²) in [5.41, 5.74) is 4.94. The van der Waals surface area contributed by atoms with Gasteiger partial charge in [0.25, 0.3) is 0 Å². The first-order valence-electron chi connectivity index (χ1n) is 11.0. The number of ether oxygens (including phenoxy) is 1. The fraction of sp³-hybridized carbons (Fsp3) is 0.154. The lowest BCUT2D eigenvalue weighted by Crippen LogP contribution is -2.19. The van der Waals surface area contributed by atoms with Crippen molar-refractivity contribution in [1.29, 1.82) is 0 Å². The lowest BCUT2D eigenvalue weighted by atomic mass is 10.0. The number of hydrogen-bond donors (Lipinski definition) is 1. The molecule has 0 aliphatic carbocycles. The van der Waals surface area contributed by atoms with Crippen LogP contribution in [0.3, 0.4) is 0 Å². The minimum atomic E-state index is 0.661. The highest BCUT2D eigenvalue weighted by Gasteiger charge is 2.08. The number of benzene rings is 3. The van der Waals surface area contributed by atoms with Gasteiger partial charge in [-0.2, -0.15) is 5.10 Å². The number of fused-ring (bicyclic) bond motifs is 1. The quantitative estimate of drug-likeness (QED) is 0.370. The number of rotatable bonds is 8. The summed E-state index contributed by atoms with van der Waals surface area (Å²) in [7, 11) is 4.07. The molecule has 0 aliphatic heterocycles. The molecule has 1 N–H and O–H groups in total. The minimum Gasteiger partial charge on any atom is -0.492 e. The Kier molecular flexibility index (Phi) is 6.13. The molecule has 0 unspecified atom stereocenters. The van der Waals surface area contributed by atoms with Crippen molar-refractivity contribution in [3.63, 3.8) is 0 Å². The first kappa shape index (κ1) is 21.5. The molecule has 8 heteroatoms. The van der Waals surface area contributed by atoms with Crippen molar-refractivity contribution in [2.45, 2.75) is 0 Å². The van der Waals surface area contributed by atoms with Crippen molar-refractivity contribution in [2.24, 2.45) is 0 Å². The van der Waals surface area contributed by atoms with Crippen LogP contribution in [0, 0.1) is 0 Å². The maximum atomic E-state index is 5.81. The van der Waals surface area contributed by atoms with E-state index in [1.165, 1.54) is 6.33 Å². The Labute approximate surface area is 197 Å². The van der Waals surface area contributed by atoms with Gasteiger partial charge in [-0.3, -0.25) is 0 Å². The summed E-state index contributed by atoms with van der Waals surface area (Å²) in [6.45, 7) is 1.54. The number of likely N-dealkylation sites (N-methyl/N-ethyl adjacent to an activating group) is 1. The van der Waals surface area contributed by atoms with Gasteiger partial charge in [0, 0.05) is 17.6 Å². The van der Waals surface area contributed by atoms with E-state index in [4.69, 9.17) is 4.74 Å². The fourth-order valence-corrected chi connectivity index (χ4v) is 3.60. The van der Waals surface area contributed by atoms with E-state index in [1.807, 2.05) is 56.6 Å². The summed E-state index contributed by atoms with van der Waals surface area (Å²) >= 11 is 0. The van der Waals surface area contributed by atoms with Crippen molar-refractivity contribution < 1.29 is 4.74 Å². The van der Waals surface area contributed by atoms with Gasteiger partial charge in [-0.1, -0.05) is 18.2 Å².